The van der Waals surface area contributed by atoms with Crippen molar-refractivity contribution in [1.82, 2.24) is 14.4 Å². The predicted molar refractivity (Wildman–Crippen MR) is 121 cm³/mol. The molecule has 0 unspecified atom stereocenters. The van der Waals surface area contributed by atoms with Gasteiger partial charge in [-0.15, -0.1) is 0 Å². The Bertz CT molecular complexity index is 1250. The number of amides is 2. The highest BCUT2D eigenvalue weighted by molar-refractivity contribution is 6.03. The average Bonchev–Trinajstić information content (AvgIpc) is 3.43. The number of benzene rings is 2. The summed E-state index contributed by atoms with van der Waals surface area (Å²) < 4.78 is 7.02. The maximum Gasteiger partial charge on any atom is 0.234 e. The van der Waals surface area contributed by atoms with E-state index in [1.807, 2.05) is 59.3 Å². The van der Waals surface area contributed by atoms with Gasteiger partial charge < -0.3 is 15.0 Å². The molecule has 32 heavy (non-hydrogen) atoms. The van der Waals surface area contributed by atoms with Gasteiger partial charge in [0, 0.05) is 48.5 Å². The molecule has 0 spiro atoms. The molecule has 1 saturated heterocycles. The Balaban J connectivity index is 1.25. The Hall–Kier alpha value is -4.20. The quantitative estimate of drug-likeness (QED) is 0.527. The van der Waals surface area contributed by atoms with E-state index >= 15 is 0 Å². The van der Waals surface area contributed by atoms with Gasteiger partial charge in [0.25, 0.3) is 0 Å². The second kappa shape index (κ2) is 8.14. The molecule has 160 valence electrons. The zero-order valence-corrected chi connectivity index (χ0v) is 17.4. The molecule has 0 aliphatic carbocycles. The fourth-order valence-electron chi connectivity index (χ4n) is 3.83. The lowest BCUT2D eigenvalue weighted by Gasteiger charge is -2.17. The van der Waals surface area contributed by atoms with E-state index in [0.717, 1.165) is 22.7 Å². The van der Waals surface area contributed by atoms with E-state index < -0.39 is 5.92 Å². The molecule has 5 rings (SSSR count). The van der Waals surface area contributed by atoms with E-state index in [4.69, 9.17) is 4.74 Å². The van der Waals surface area contributed by atoms with Crippen molar-refractivity contribution in [2.75, 3.05) is 23.9 Å². The first-order valence-electron chi connectivity index (χ1n) is 10.3. The van der Waals surface area contributed by atoms with Crippen LogP contribution in [0.5, 0.6) is 5.75 Å². The smallest absolute Gasteiger partial charge is 0.234 e. The maximum absolute atomic E-state index is 12.8. The van der Waals surface area contributed by atoms with Crippen molar-refractivity contribution in [3.05, 3.63) is 73.2 Å². The van der Waals surface area contributed by atoms with Crippen LogP contribution in [-0.4, -0.2) is 39.8 Å². The number of hydrogen-bond acceptors (Lipinski definition) is 5. The molecule has 8 nitrogen and oxygen atoms in total. The van der Waals surface area contributed by atoms with Gasteiger partial charge in [0.2, 0.25) is 17.6 Å². The highest BCUT2D eigenvalue weighted by atomic mass is 16.5. The van der Waals surface area contributed by atoms with Gasteiger partial charge in [-0.2, -0.15) is 0 Å². The molecule has 1 fully saturated rings. The van der Waals surface area contributed by atoms with Gasteiger partial charge in [0.05, 0.1) is 18.7 Å². The lowest BCUT2D eigenvalue weighted by molar-refractivity contribution is -0.122. The zero-order valence-electron chi connectivity index (χ0n) is 17.4. The van der Waals surface area contributed by atoms with Crippen LogP contribution in [0.15, 0.2) is 73.2 Å². The minimum Gasteiger partial charge on any atom is -0.497 e. The first-order chi connectivity index (χ1) is 15.6. The number of fused-ring (bicyclic) bond motifs is 1. The van der Waals surface area contributed by atoms with E-state index in [2.05, 4.69) is 15.3 Å². The van der Waals surface area contributed by atoms with Crippen LogP contribution in [0.4, 0.5) is 11.4 Å². The molecule has 1 aliphatic heterocycles. The van der Waals surface area contributed by atoms with Gasteiger partial charge in [0.1, 0.15) is 5.75 Å². The third-order valence-electron chi connectivity index (χ3n) is 5.56. The predicted octanol–water partition coefficient (Wildman–Crippen LogP) is 3.40. The number of carbonyl (C=O) groups is 2. The summed E-state index contributed by atoms with van der Waals surface area (Å²) in [6.45, 7) is 0.351. The number of carbonyl (C=O) groups excluding carboxylic acids is 2. The highest BCUT2D eigenvalue weighted by Gasteiger charge is 2.35. The van der Waals surface area contributed by atoms with Gasteiger partial charge in [-0.1, -0.05) is 12.1 Å². The Morgan fingerprint density at radius 2 is 1.91 bits per heavy atom. The molecule has 2 aromatic heterocycles. The summed E-state index contributed by atoms with van der Waals surface area (Å²) in [5, 5.41) is 2.92. The van der Waals surface area contributed by atoms with E-state index in [9.17, 15) is 9.59 Å². The SMILES string of the molecule is COc1ccc(N2C[C@@H](C(=O)Nc3ccc(-c4cn5cccnc5n4)cc3)CC2=O)cc1. The summed E-state index contributed by atoms with van der Waals surface area (Å²) in [7, 11) is 1.59. The molecular weight excluding hydrogens is 406 g/mol. The maximum atomic E-state index is 12.8. The fourth-order valence-corrected chi connectivity index (χ4v) is 3.83. The largest absolute Gasteiger partial charge is 0.497 e. The van der Waals surface area contributed by atoms with Crippen molar-refractivity contribution in [2.24, 2.45) is 5.92 Å². The topological polar surface area (TPSA) is 88.8 Å². The van der Waals surface area contributed by atoms with Crippen LogP contribution in [0.3, 0.4) is 0 Å². The highest BCUT2D eigenvalue weighted by Crippen LogP contribution is 2.28. The number of methoxy groups -OCH3 is 1. The molecule has 1 atom stereocenters. The second-order valence-electron chi connectivity index (χ2n) is 7.62. The van der Waals surface area contributed by atoms with E-state index in [-0.39, 0.29) is 18.2 Å². The Kier molecular flexibility index (Phi) is 5.03. The first-order valence-corrected chi connectivity index (χ1v) is 10.3. The van der Waals surface area contributed by atoms with Gasteiger partial charge in [-0.05, 0) is 42.5 Å². The van der Waals surface area contributed by atoms with Crippen LogP contribution < -0.4 is 15.0 Å². The van der Waals surface area contributed by atoms with Crippen LogP contribution in [0.1, 0.15) is 6.42 Å². The van der Waals surface area contributed by atoms with E-state index in [0.29, 0.717) is 18.0 Å². The van der Waals surface area contributed by atoms with Crippen LogP contribution in [0, 0.1) is 5.92 Å². The second-order valence-corrected chi connectivity index (χ2v) is 7.62. The summed E-state index contributed by atoms with van der Waals surface area (Å²) in [4.78, 5) is 35.6. The molecule has 8 heteroatoms. The van der Waals surface area contributed by atoms with Crippen LogP contribution >= 0.6 is 0 Å². The molecule has 3 heterocycles. The zero-order chi connectivity index (χ0) is 22.1. The molecule has 1 aliphatic rings. The number of nitrogens with one attached hydrogen (secondary N) is 1. The summed E-state index contributed by atoms with van der Waals surface area (Å²) in [5.41, 5.74) is 3.17. The van der Waals surface area contributed by atoms with Crippen molar-refractivity contribution in [3.63, 3.8) is 0 Å². The molecular formula is C24H21N5O3. The number of anilines is 2. The number of ether oxygens (including phenoxy) is 1. The summed E-state index contributed by atoms with van der Waals surface area (Å²) in [6, 6.07) is 16.6. The third-order valence-corrected chi connectivity index (χ3v) is 5.56. The molecule has 0 radical (unpaired) electrons. The van der Waals surface area contributed by atoms with Crippen molar-refractivity contribution in [1.29, 1.82) is 0 Å². The van der Waals surface area contributed by atoms with Crippen molar-refractivity contribution >= 4 is 29.0 Å². The number of nitrogens with zero attached hydrogens (tertiary/aromatic N) is 4. The van der Waals surface area contributed by atoms with Crippen LogP contribution in [0.25, 0.3) is 17.0 Å². The average molecular weight is 427 g/mol. The lowest BCUT2D eigenvalue weighted by atomic mass is 10.1. The molecule has 2 aromatic carbocycles. The van der Waals surface area contributed by atoms with Crippen molar-refractivity contribution < 1.29 is 14.3 Å². The lowest BCUT2D eigenvalue weighted by Crippen LogP contribution is -2.28. The standard InChI is InChI=1S/C24H21N5O3/c1-32-20-9-7-19(8-10-20)29-14-17(13-22(29)30)23(31)26-18-5-3-16(4-6-18)21-15-28-12-2-11-25-24(28)27-21/h2-12,15,17H,13-14H2,1H3,(H,26,31)/t17-/m0/s1. The van der Waals surface area contributed by atoms with Gasteiger partial charge >= 0.3 is 0 Å². The number of aromatic nitrogens is 3. The minimum atomic E-state index is -0.409. The van der Waals surface area contributed by atoms with Crippen molar-refractivity contribution in [3.8, 4) is 17.0 Å². The summed E-state index contributed by atoms with van der Waals surface area (Å²) in [6.07, 6.45) is 5.69. The molecule has 4 aromatic rings. The fraction of sp³-hybridized carbons (Fsp3) is 0.167. The van der Waals surface area contributed by atoms with Crippen molar-refractivity contribution in [2.45, 2.75) is 6.42 Å². The number of hydrogen-bond donors (Lipinski definition) is 1. The van der Waals surface area contributed by atoms with E-state index in [1.165, 1.54) is 0 Å². The first kappa shape index (κ1) is 19.7. The van der Waals surface area contributed by atoms with Gasteiger partial charge in [-0.3, -0.25) is 14.0 Å². The molecule has 2 amide bonds. The Morgan fingerprint density at radius 1 is 1.12 bits per heavy atom. The monoisotopic (exact) mass is 427 g/mol. The van der Waals surface area contributed by atoms with E-state index in [1.54, 1.807) is 30.3 Å². The summed E-state index contributed by atoms with van der Waals surface area (Å²) in [5.74, 6) is 0.712. The number of imidazole rings is 1. The normalized spacial score (nSPS) is 15.8. The molecule has 0 bridgehead atoms. The number of rotatable bonds is 5. The Morgan fingerprint density at radius 3 is 2.62 bits per heavy atom. The molecule has 1 N–H and O–H groups in total. The third kappa shape index (κ3) is 3.78. The molecule has 0 saturated carbocycles. The van der Waals surface area contributed by atoms with Crippen LogP contribution in [0.2, 0.25) is 0 Å². The summed E-state index contributed by atoms with van der Waals surface area (Å²) >= 11 is 0. The van der Waals surface area contributed by atoms with Gasteiger partial charge in [-0.25, -0.2) is 9.97 Å². The Labute approximate surface area is 184 Å². The van der Waals surface area contributed by atoms with Gasteiger partial charge in [0.15, 0.2) is 0 Å². The van der Waals surface area contributed by atoms with Crippen LogP contribution in [-0.2, 0) is 9.59 Å². The minimum absolute atomic E-state index is 0.0638.